The van der Waals surface area contributed by atoms with E-state index in [1.165, 1.54) is 48.8 Å². The molecule has 0 bridgehead atoms. The van der Waals surface area contributed by atoms with Crippen LogP contribution < -0.4 is 9.44 Å². The van der Waals surface area contributed by atoms with E-state index in [0.29, 0.717) is 10.8 Å². The fraction of sp³-hybridized carbons (Fsp3) is 0. The number of anilines is 2. The molecule has 0 saturated carbocycles. The summed E-state index contributed by atoms with van der Waals surface area (Å²) in [6.45, 7) is 0. The van der Waals surface area contributed by atoms with E-state index < -0.39 is 50.1 Å². The number of hydrogen-bond acceptors (Lipinski definition) is 12. The molecule has 0 aliphatic rings. The monoisotopic (exact) mass is 750 g/mol. The average molecular weight is 751 g/mol. The van der Waals surface area contributed by atoms with Crippen LogP contribution in [0.3, 0.4) is 0 Å². The Kier molecular flexibility index (Phi) is 8.93. The minimum absolute atomic E-state index is 0.159. The number of pyridine rings is 2. The van der Waals surface area contributed by atoms with Crippen LogP contribution in [0.1, 0.15) is 11.1 Å². The molecule has 0 saturated heterocycles. The number of aromatic nitrogens is 2. The maximum atomic E-state index is 13.2. The van der Waals surface area contributed by atoms with Gasteiger partial charge in [0, 0.05) is 23.2 Å². The normalized spacial score (nSPS) is 12.8. The van der Waals surface area contributed by atoms with Gasteiger partial charge in [-0.05, 0) is 59.7 Å². The first-order chi connectivity index (χ1) is 23.5. The lowest BCUT2D eigenvalue weighted by molar-refractivity contribution is 0.460. The summed E-state index contributed by atoms with van der Waals surface area (Å²) in [6, 6.07) is 21.6. The Balaban J connectivity index is 1.33. The van der Waals surface area contributed by atoms with Crippen molar-refractivity contribution in [2.75, 3.05) is 9.44 Å². The van der Waals surface area contributed by atoms with Crippen LogP contribution in [0.15, 0.2) is 129 Å². The second-order valence-electron chi connectivity index (χ2n) is 10.6. The summed E-state index contributed by atoms with van der Waals surface area (Å²) in [6.07, 6.45) is 4.88. The number of para-hydroxylation sites is 2. The van der Waals surface area contributed by atoms with Crippen LogP contribution in [-0.2, 0) is 40.3 Å². The molecule has 50 heavy (non-hydrogen) atoms. The summed E-state index contributed by atoms with van der Waals surface area (Å²) in [7, 11) is -19.1. The van der Waals surface area contributed by atoms with Gasteiger partial charge in [-0.1, -0.05) is 60.7 Å². The standard InChI is InChI=1S/C32H24N4O10S4/c37-47(38,27-9-1-5-23-7-3-17-33-31(23)27)35-25-15-13-21(29(19-25)49(41,42)43)11-12-22-14-16-26(20-30(22)50(44,45)46)36-48(39,40)28-10-2-6-24-8-4-18-34-32(24)28/h1-20,35-36H,(H,41,42,43)(H,44,45,46)/p-2/b12-11+. The van der Waals surface area contributed by atoms with Crippen molar-refractivity contribution in [3.05, 3.63) is 121 Å². The smallest absolute Gasteiger partial charge is 0.264 e. The van der Waals surface area contributed by atoms with Gasteiger partial charge in [0.25, 0.3) is 20.0 Å². The van der Waals surface area contributed by atoms with Crippen LogP contribution in [-0.4, -0.2) is 52.7 Å². The van der Waals surface area contributed by atoms with Gasteiger partial charge in [0.2, 0.25) is 0 Å². The number of benzene rings is 4. The van der Waals surface area contributed by atoms with E-state index in [2.05, 4.69) is 19.4 Å². The molecule has 4 aromatic carbocycles. The van der Waals surface area contributed by atoms with Crippen molar-refractivity contribution in [1.82, 2.24) is 9.97 Å². The Morgan fingerprint density at radius 1 is 0.480 bits per heavy atom. The largest absolute Gasteiger partial charge is 0.744 e. The molecule has 2 N–H and O–H groups in total. The van der Waals surface area contributed by atoms with E-state index in [1.54, 1.807) is 36.4 Å². The lowest BCUT2D eigenvalue weighted by atomic mass is 10.1. The molecule has 6 aromatic rings. The first-order valence-corrected chi connectivity index (χ1v) is 19.9. The van der Waals surface area contributed by atoms with Crippen molar-refractivity contribution in [3.63, 3.8) is 0 Å². The molecule has 0 fully saturated rings. The first kappa shape index (κ1) is 34.6. The topological polar surface area (TPSA) is 233 Å². The lowest BCUT2D eigenvalue weighted by Crippen LogP contribution is -2.14. The Bertz CT molecular complexity index is 2600. The van der Waals surface area contributed by atoms with Crippen LogP contribution in [0.4, 0.5) is 11.4 Å². The second-order valence-corrected chi connectivity index (χ2v) is 16.6. The molecule has 6 rings (SSSR count). The molecule has 14 nitrogen and oxygen atoms in total. The Labute approximate surface area is 286 Å². The van der Waals surface area contributed by atoms with Crippen molar-refractivity contribution in [1.29, 1.82) is 0 Å². The summed E-state index contributed by atoms with van der Waals surface area (Å²) >= 11 is 0. The van der Waals surface area contributed by atoms with E-state index >= 15 is 0 Å². The predicted octanol–water partition coefficient (Wildman–Crippen LogP) is 4.36. The zero-order valence-electron chi connectivity index (χ0n) is 25.2. The molecule has 0 amide bonds. The van der Waals surface area contributed by atoms with Gasteiger partial charge in [0.1, 0.15) is 30.0 Å². The van der Waals surface area contributed by atoms with Gasteiger partial charge >= 0.3 is 0 Å². The molecule has 0 radical (unpaired) electrons. The highest BCUT2D eigenvalue weighted by Gasteiger charge is 2.21. The summed E-state index contributed by atoms with van der Waals surface area (Å²) in [5.41, 5.74) is -0.760. The quantitative estimate of drug-likeness (QED) is 0.147. The second kappa shape index (κ2) is 12.9. The first-order valence-electron chi connectivity index (χ1n) is 14.1. The molecular formula is C32H22N4O10S4-2. The lowest BCUT2D eigenvalue weighted by Gasteiger charge is -2.16. The van der Waals surface area contributed by atoms with Crippen molar-refractivity contribution >= 4 is 85.6 Å². The SMILES string of the molecule is O=S(=O)([O-])c1cc(NS(=O)(=O)c2cccc3cccnc23)ccc1/C=C/c1ccc(NS(=O)(=O)c2cccc3cccnc23)cc1S(=O)(=O)[O-]. The third-order valence-corrected chi connectivity index (χ3v) is 11.9. The van der Waals surface area contributed by atoms with Crippen LogP contribution in [0, 0.1) is 0 Å². The molecule has 0 aliphatic heterocycles. The Hall–Kier alpha value is -5.24. The van der Waals surface area contributed by atoms with Crippen molar-refractivity contribution in [2.24, 2.45) is 0 Å². The van der Waals surface area contributed by atoms with E-state index in [4.69, 9.17) is 0 Å². The fourth-order valence-corrected chi connectivity index (χ4v) is 8.94. The number of sulfonamides is 2. The maximum Gasteiger partial charge on any atom is 0.264 e. The van der Waals surface area contributed by atoms with Crippen LogP contribution in [0.2, 0.25) is 0 Å². The third-order valence-electron chi connectivity index (χ3n) is 7.28. The number of fused-ring (bicyclic) bond motifs is 2. The van der Waals surface area contributed by atoms with Gasteiger partial charge in [0.05, 0.1) is 32.2 Å². The van der Waals surface area contributed by atoms with E-state index in [1.807, 2.05) is 0 Å². The molecular weight excluding hydrogens is 729 g/mol. The predicted molar refractivity (Wildman–Crippen MR) is 183 cm³/mol. The minimum Gasteiger partial charge on any atom is -0.744 e. The van der Waals surface area contributed by atoms with Gasteiger partial charge in [0.15, 0.2) is 0 Å². The Morgan fingerprint density at radius 2 is 0.860 bits per heavy atom. The minimum atomic E-state index is -5.23. The summed E-state index contributed by atoms with van der Waals surface area (Å²) in [5, 5.41) is 1.07. The van der Waals surface area contributed by atoms with Gasteiger partial charge in [-0.15, -0.1) is 0 Å². The third kappa shape index (κ3) is 7.20. The molecule has 0 atom stereocenters. The summed E-state index contributed by atoms with van der Waals surface area (Å²) in [4.78, 5) is 6.11. The highest BCUT2D eigenvalue weighted by molar-refractivity contribution is 7.93. The van der Waals surface area contributed by atoms with E-state index in [-0.39, 0.29) is 43.3 Å². The van der Waals surface area contributed by atoms with Gasteiger partial charge in [-0.2, -0.15) is 0 Å². The van der Waals surface area contributed by atoms with Crippen LogP contribution in [0.25, 0.3) is 34.0 Å². The molecule has 256 valence electrons. The maximum absolute atomic E-state index is 13.2. The van der Waals surface area contributed by atoms with Crippen molar-refractivity contribution < 1.29 is 42.8 Å². The molecule has 0 unspecified atom stereocenters. The van der Waals surface area contributed by atoms with Crippen molar-refractivity contribution in [3.8, 4) is 0 Å². The molecule has 0 spiro atoms. The number of nitrogens with one attached hydrogen (secondary N) is 2. The fourth-order valence-electron chi connectivity index (χ4n) is 5.09. The zero-order chi connectivity index (χ0) is 35.9. The van der Waals surface area contributed by atoms with Crippen LogP contribution in [0.5, 0.6) is 0 Å². The number of rotatable bonds is 10. The molecule has 2 heterocycles. The number of nitrogens with zero attached hydrogens (tertiary/aromatic N) is 2. The summed E-state index contributed by atoms with van der Waals surface area (Å²) in [5.74, 6) is 0. The van der Waals surface area contributed by atoms with Crippen LogP contribution >= 0.6 is 0 Å². The Morgan fingerprint density at radius 3 is 1.24 bits per heavy atom. The van der Waals surface area contributed by atoms with Gasteiger partial charge < -0.3 is 9.11 Å². The number of hydrogen-bond donors (Lipinski definition) is 2. The van der Waals surface area contributed by atoms with Gasteiger partial charge in [-0.25, -0.2) is 33.7 Å². The molecule has 0 aliphatic carbocycles. The highest BCUT2D eigenvalue weighted by Crippen LogP contribution is 2.30. The molecule has 2 aromatic heterocycles. The van der Waals surface area contributed by atoms with Gasteiger partial charge in [-0.3, -0.25) is 19.4 Å². The molecule has 18 heteroatoms. The van der Waals surface area contributed by atoms with Crippen molar-refractivity contribution in [2.45, 2.75) is 19.6 Å². The van der Waals surface area contributed by atoms with E-state index in [9.17, 15) is 42.8 Å². The highest BCUT2D eigenvalue weighted by atomic mass is 32.2. The van der Waals surface area contributed by atoms with E-state index in [0.717, 1.165) is 36.4 Å². The summed E-state index contributed by atoms with van der Waals surface area (Å²) < 4.78 is 131. The average Bonchev–Trinajstić information content (AvgIpc) is 3.06. The zero-order valence-corrected chi connectivity index (χ0v) is 28.4.